The molecule has 4 heteroatoms. The maximum atomic E-state index is 5.92. The molecule has 1 fully saturated rings. The van der Waals surface area contributed by atoms with Crippen LogP contribution in [0.1, 0.15) is 12.0 Å². The Kier molecular flexibility index (Phi) is 4.73. The Bertz CT molecular complexity index is 573. The summed E-state index contributed by atoms with van der Waals surface area (Å²) in [5.74, 6) is 0. The van der Waals surface area contributed by atoms with Crippen LogP contribution in [0.2, 0.25) is 5.15 Å². The molecule has 0 saturated carbocycles. The molecule has 0 spiro atoms. The average molecular weight is 302 g/mol. The molecule has 1 unspecified atom stereocenters. The van der Waals surface area contributed by atoms with Crippen molar-refractivity contribution >= 4 is 17.3 Å². The van der Waals surface area contributed by atoms with E-state index in [1.54, 1.807) is 6.20 Å². The third kappa shape index (κ3) is 4.19. The highest BCUT2D eigenvalue weighted by Crippen LogP contribution is 2.18. The number of rotatable bonds is 5. The highest BCUT2D eigenvalue weighted by Gasteiger charge is 2.21. The summed E-state index contributed by atoms with van der Waals surface area (Å²) in [5, 5.41) is 4.08. The van der Waals surface area contributed by atoms with Crippen LogP contribution in [0, 0.1) is 0 Å². The van der Waals surface area contributed by atoms with E-state index in [4.69, 9.17) is 11.6 Å². The van der Waals surface area contributed by atoms with Crippen molar-refractivity contribution in [2.45, 2.75) is 18.9 Å². The van der Waals surface area contributed by atoms with Crippen LogP contribution in [0.3, 0.4) is 0 Å². The van der Waals surface area contributed by atoms with Gasteiger partial charge >= 0.3 is 0 Å². The number of hydrogen-bond acceptors (Lipinski definition) is 3. The van der Waals surface area contributed by atoms with Crippen molar-refractivity contribution in [3.63, 3.8) is 0 Å². The van der Waals surface area contributed by atoms with E-state index in [1.165, 1.54) is 12.0 Å². The van der Waals surface area contributed by atoms with Gasteiger partial charge in [-0.25, -0.2) is 4.98 Å². The standard InChI is InChI=1S/C17H20ClN3/c18-17-12-15(6-9-19-17)20-16-8-11-21(13-16)10-7-14-4-2-1-3-5-14/h1-6,9,12,16H,7-8,10-11,13H2,(H,19,20). The molecular weight excluding hydrogens is 282 g/mol. The van der Waals surface area contributed by atoms with E-state index >= 15 is 0 Å². The summed E-state index contributed by atoms with van der Waals surface area (Å²) in [6.07, 6.45) is 4.04. The number of hydrogen-bond donors (Lipinski definition) is 1. The molecule has 1 aliphatic rings. The highest BCUT2D eigenvalue weighted by atomic mass is 35.5. The summed E-state index contributed by atoms with van der Waals surface area (Å²) in [6, 6.07) is 15.0. The van der Waals surface area contributed by atoms with Crippen LogP contribution < -0.4 is 5.32 Å². The van der Waals surface area contributed by atoms with Gasteiger partial charge in [-0.2, -0.15) is 0 Å². The average Bonchev–Trinajstić information content (AvgIpc) is 2.94. The molecule has 1 N–H and O–H groups in total. The van der Waals surface area contributed by atoms with Crippen LogP contribution in [0.15, 0.2) is 48.7 Å². The zero-order valence-corrected chi connectivity index (χ0v) is 12.8. The lowest BCUT2D eigenvalue weighted by Crippen LogP contribution is -2.27. The fraction of sp³-hybridized carbons (Fsp3) is 0.353. The van der Waals surface area contributed by atoms with E-state index in [9.17, 15) is 0 Å². The van der Waals surface area contributed by atoms with Gasteiger partial charge in [0.1, 0.15) is 5.15 Å². The predicted molar refractivity (Wildman–Crippen MR) is 87.9 cm³/mol. The number of nitrogens with zero attached hydrogens (tertiary/aromatic N) is 2. The monoisotopic (exact) mass is 301 g/mol. The first-order chi connectivity index (χ1) is 10.3. The first-order valence-electron chi connectivity index (χ1n) is 7.44. The molecule has 110 valence electrons. The van der Waals surface area contributed by atoms with Crippen molar-refractivity contribution in [3.8, 4) is 0 Å². The molecule has 0 radical (unpaired) electrons. The minimum atomic E-state index is 0.499. The van der Waals surface area contributed by atoms with E-state index in [2.05, 4.69) is 45.5 Å². The Hall–Kier alpha value is -1.58. The lowest BCUT2D eigenvalue weighted by Gasteiger charge is -2.17. The predicted octanol–water partition coefficient (Wildman–Crippen LogP) is 3.46. The Balaban J connectivity index is 1.47. The van der Waals surface area contributed by atoms with Gasteiger partial charge in [-0.05, 0) is 30.5 Å². The quantitative estimate of drug-likeness (QED) is 0.857. The van der Waals surface area contributed by atoms with Gasteiger partial charge in [0.2, 0.25) is 0 Å². The Morgan fingerprint density at radius 1 is 1.24 bits per heavy atom. The van der Waals surface area contributed by atoms with Crippen molar-refractivity contribution < 1.29 is 0 Å². The van der Waals surface area contributed by atoms with Gasteiger partial charge in [-0.3, -0.25) is 0 Å². The van der Waals surface area contributed by atoms with Gasteiger partial charge in [-0.1, -0.05) is 41.9 Å². The number of benzene rings is 1. The van der Waals surface area contributed by atoms with E-state index in [-0.39, 0.29) is 0 Å². The van der Waals surface area contributed by atoms with Crippen molar-refractivity contribution in [1.29, 1.82) is 0 Å². The van der Waals surface area contributed by atoms with Gasteiger partial charge in [-0.15, -0.1) is 0 Å². The van der Waals surface area contributed by atoms with Crippen LogP contribution in [0.5, 0.6) is 0 Å². The van der Waals surface area contributed by atoms with Crippen LogP contribution in [-0.4, -0.2) is 35.6 Å². The third-order valence-corrected chi connectivity index (χ3v) is 4.14. The van der Waals surface area contributed by atoms with Gasteiger partial charge in [0, 0.05) is 37.6 Å². The minimum absolute atomic E-state index is 0.499. The molecule has 2 aromatic rings. The summed E-state index contributed by atoms with van der Waals surface area (Å²) in [5.41, 5.74) is 2.47. The fourth-order valence-electron chi connectivity index (χ4n) is 2.81. The minimum Gasteiger partial charge on any atom is -0.381 e. The van der Waals surface area contributed by atoms with Gasteiger partial charge in [0.25, 0.3) is 0 Å². The molecule has 3 rings (SSSR count). The second kappa shape index (κ2) is 6.92. The molecule has 1 aromatic heterocycles. The summed E-state index contributed by atoms with van der Waals surface area (Å²) in [6.45, 7) is 3.37. The number of pyridine rings is 1. The maximum absolute atomic E-state index is 5.92. The van der Waals surface area contributed by atoms with E-state index in [1.807, 2.05) is 12.1 Å². The Morgan fingerprint density at radius 2 is 2.10 bits per heavy atom. The van der Waals surface area contributed by atoms with Crippen LogP contribution in [-0.2, 0) is 6.42 Å². The van der Waals surface area contributed by atoms with Crippen molar-refractivity contribution in [2.75, 3.05) is 25.0 Å². The van der Waals surface area contributed by atoms with Gasteiger partial charge < -0.3 is 10.2 Å². The topological polar surface area (TPSA) is 28.2 Å². The SMILES string of the molecule is Clc1cc(NC2CCN(CCc3ccccc3)C2)ccn1. The van der Waals surface area contributed by atoms with E-state index in [0.717, 1.165) is 31.7 Å². The number of likely N-dealkylation sites (tertiary alicyclic amines) is 1. The molecule has 1 saturated heterocycles. The number of aromatic nitrogens is 1. The van der Waals surface area contributed by atoms with Crippen molar-refractivity contribution in [2.24, 2.45) is 0 Å². The summed E-state index contributed by atoms with van der Waals surface area (Å²) < 4.78 is 0. The van der Waals surface area contributed by atoms with E-state index < -0.39 is 0 Å². The van der Waals surface area contributed by atoms with Crippen LogP contribution in [0.25, 0.3) is 0 Å². The number of nitrogens with one attached hydrogen (secondary N) is 1. The molecule has 0 amide bonds. The first kappa shape index (κ1) is 14.4. The summed E-state index contributed by atoms with van der Waals surface area (Å²) in [4.78, 5) is 6.53. The van der Waals surface area contributed by atoms with Crippen molar-refractivity contribution in [3.05, 3.63) is 59.4 Å². The second-order valence-electron chi connectivity index (χ2n) is 5.53. The Labute approximate surface area is 131 Å². The molecule has 3 nitrogen and oxygen atoms in total. The van der Waals surface area contributed by atoms with Crippen LogP contribution in [0.4, 0.5) is 5.69 Å². The lowest BCUT2D eigenvalue weighted by molar-refractivity contribution is 0.341. The maximum Gasteiger partial charge on any atom is 0.131 e. The zero-order valence-electron chi connectivity index (χ0n) is 12.0. The molecule has 21 heavy (non-hydrogen) atoms. The van der Waals surface area contributed by atoms with Crippen molar-refractivity contribution in [1.82, 2.24) is 9.88 Å². The zero-order chi connectivity index (χ0) is 14.5. The molecule has 1 aliphatic heterocycles. The first-order valence-corrected chi connectivity index (χ1v) is 7.82. The smallest absolute Gasteiger partial charge is 0.131 e. The van der Waals surface area contributed by atoms with Gasteiger partial charge in [0.05, 0.1) is 0 Å². The highest BCUT2D eigenvalue weighted by molar-refractivity contribution is 6.29. The molecule has 1 atom stereocenters. The molecular formula is C17H20ClN3. The number of anilines is 1. The van der Waals surface area contributed by atoms with Gasteiger partial charge in [0.15, 0.2) is 0 Å². The number of halogens is 1. The molecule has 1 aromatic carbocycles. The molecule has 2 heterocycles. The largest absolute Gasteiger partial charge is 0.381 e. The van der Waals surface area contributed by atoms with Crippen LogP contribution >= 0.6 is 11.6 Å². The molecule has 0 aliphatic carbocycles. The normalized spacial score (nSPS) is 18.8. The summed E-state index contributed by atoms with van der Waals surface area (Å²) in [7, 11) is 0. The third-order valence-electron chi connectivity index (χ3n) is 3.93. The van der Waals surface area contributed by atoms with E-state index in [0.29, 0.717) is 11.2 Å². The molecule has 0 bridgehead atoms. The second-order valence-corrected chi connectivity index (χ2v) is 5.92. The fourth-order valence-corrected chi connectivity index (χ4v) is 2.99. The lowest BCUT2D eigenvalue weighted by atomic mass is 10.1. The Morgan fingerprint density at radius 3 is 2.90 bits per heavy atom. The summed E-state index contributed by atoms with van der Waals surface area (Å²) >= 11 is 5.92.